The lowest BCUT2D eigenvalue weighted by Crippen LogP contribution is -2.19. The van der Waals surface area contributed by atoms with Crippen LogP contribution < -0.4 is 0 Å². The second kappa shape index (κ2) is 2.89. The van der Waals surface area contributed by atoms with Crippen molar-refractivity contribution in [3.63, 3.8) is 0 Å². The first kappa shape index (κ1) is 7.78. The van der Waals surface area contributed by atoms with Crippen molar-refractivity contribution in [1.29, 1.82) is 0 Å². The molecule has 3 rings (SSSR count). The molecule has 0 saturated carbocycles. The number of fused-ring (bicyclic) bond motifs is 3. The first-order chi connectivity index (χ1) is 5.75. The van der Waals surface area contributed by atoms with Gasteiger partial charge in [-0.25, -0.2) is 0 Å². The summed E-state index contributed by atoms with van der Waals surface area (Å²) < 4.78 is 0. The minimum absolute atomic E-state index is 0.191. The Balaban J connectivity index is 2.30. The van der Waals surface area contributed by atoms with Gasteiger partial charge >= 0.3 is 0 Å². The molecule has 2 bridgehead atoms. The molecule has 0 aromatic carbocycles. The molecule has 64 valence electrons. The predicted octanol–water partition coefficient (Wildman–Crippen LogP) is 2.49. The fourth-order valence-electron chi connectivity index (χ4n) is 2.11. The number of carbonyl (C=O) groups is 1. The Hall–Kier alpha value is -0.850. The minimum atomic E-state index is 0.191. The third kappa shape index (κ3) is 1.36. The van der Waals surface area contributed by atoms with Crippen LogP contribution in [0.25, 0.3) is 0 Å². The van der Waals surface area contributed by atoms with E-state index in [-0.39, 0.29) is 5.92 Å². The zero-order chi connectivity index (χ0) is 8.55. The maximum atomic E-state index is 11.5. The van der Waals surface area contributed by atoms with Crippen molar-refractivity contribution in [2.75, 3.05) is 0 Å². The van der Waals surface area contributed by atoms with E-state index in [1.165, 1.54) is 12.0 Å². The number of rotatable bonds is 0. The van der Waals surface area contributed by atoms with Gasteiger partial charge in [0.2, 0.25) is 0 Å². The van der Waals surface area contributed by atoms with Crippen LogP contribution in [0.4, 0.5) is 0 Å². The third-order valence-electron chi connectivity index (χ3n) is 2.80. The summed E-state index contributed by atoms with van der Waals surface area (Å²) in [5, 5.41) is 0. The van der Waals surface area contributed by atoms with Gasteiger partial charge in [0, 0.05) is 5.92 Å². The average Bonchev–Trinajstić information content (AvgIpc) is 2.02. The van der Waals surface area contributed by atoms with Crippen LogP contribution in [-0.4, -0.2) is 5.78 Å². The van der Waals surface area contributed by atoms with Crippen molar-refractivity contribution in [3.8, 4) is 0 Å². The van der Waals surface area contributed by atoms with Crippen molar-refractivity contribution in [2.24, 2.45) is 11.8 Å². The van der Waals surface area contributed by atoms with Crippen LogP contribution in [0.5, 0.6) is 0 Å². The van der Waals surface area contributed by atoms with Gasteiger partial charge in [-0.15, -0.1) is 0 Å². The Morgan fingerprint density at radius 2 is 2.17 bits per heavy atom. The van der Waals surface area contributed by atoms with Gasteiger partial charge in [0.05, 0.1) is 0 Å². The van der Waals surface area contributed by atoms with Gasteiger partial charge in [-0.3, -0.25) is 4.79 Å². The Morgan fingerprint density at radius 3 is 2.83 bits per heavy atom. The zero-order valence-corrected chi connectivity index (χ0v) is 7.42. The van der Waals surface area contributed by atoms with Crippen LogP contribution in [0.15, 0.2) is 23.8 Å². The summed E-state index contributed by atoms with van der Waals surface area (Å²) in [4.78, 5) is 11.5. The molecule has 12 heavy (non-hydrogen) atoms. The molecule has 0 saturated heterocycles. The average molecular weight is 162 g/mol. The van der Waals surface area contributed by atoms with Gasteiger partial charge in [-0.1, -0.05) is 17.7 Å². The molecule has 3 aliphatic carbocycles. The van der Waals surface area contributed by atoms with E-state index in [9.17, 15) is 4.79 Å². The topological polar surface area (TPSA) is 17.1 Å². The molecule has 0 N–H and O–H groups in total. The van der Waals surface area contributed by atoms with Gasteiger partial charge in [0.25, 0.3) is 0 Å². The van der Waals surface area contributed by atoms with E-state index in [0.717, 1.165) is 12.8 Å². The quantitative estimate of drug-likeness (QED) is 0.500. The monoisotopic (exact) mass is 162 g/mol. The molecule has 1 nitrogen and oxygen atoms in total. The fraction of sp³-hybridized carbons (Fsp3) is 0.545. The minimum Gasteiger partial charge on any atom is -0.294 e. The van der Waals surface area contributed by atoms with E-state index in [1.807, 2.05) is 6.08 Å². The lowest BCUT2D eigenvalue weighted by molar-refractivity contribution is -0.117. The molecular formula is C11H14O. The van der Waals surface area contributed by atoms with Crippen LogP contribution in [0.1, 0.15) is 26.2 Å². The molecular weight excluding hydrogens is 148 g/mol. The Labute approximate surface area is 73.2 Å². The molecule has 3 aliphatic rings. The molecule has 0 fully saturated rings. The van der Waals surface area contributed by atoms with E-state index in [2.05, 4.69) is 19.1 Å². The molecule has 0 aromatic heterocycles. The van der Waals surface area contributed by atoms with Crippen molar-refractivity contribution in [1.82, 2.24) is 0 Å². The zero-order valence-electron chi connectivity index (χ0n) is 7.42. The van der Waals surface area contributed by atoms with Crippen molar-refractivity contribution in [2.45, 2.75) is 26.2 Å². The summed E-state index contributed by atoms with van der Waals surface area (Å²) in [5.41, 5.74) is 1.25. The number of ketones is 1. The van der Waals surface area contributed by atoms with Gasteiger partial charge in [0.1, 0.15) is 0 Å². The highest BCUT2D eigenvalue weighted by Gasteiger charge is 2.23. The second-order valence-corrected chi connectivity index (χ2v) is 3.93. The first-order valence-electron chi connectivity index (χ1n) is 4.65. The third-order valence-corrected chi connectivity index (χ3v) is 2.80. The van der Waals surface area contributed by atoms with Gasteiger partial charge in [-0.2, -0.15) is 0 Å². The number of hydrogen-bond donors (Lipinski definition) is 0. The van der Waals surface area contributed by atoms with Gasteiger partial charge in [0.15, 0.2) is 5.78 Å². The maximum Gasteiger partial charge on any atom is 0.162 e. The van der Waals surface area contributed by atoms with E-state index in [0.29, 0.717) is 11.7 Å². The lowest BCUT2D eigenvalue weighted by Gasteiger charge is -2.24. The fourth-order valence-corrected chi connectivity index (χ4v) is 2.11. The van der Waals surface area contributed by atoms with E-state index >= 15 is 0 Å². The summed E-state index contributed by atoms with van der Waals surface area (Å²) in [7, 11) is 0. The van der Waals surface area contributed by atoms with Crippen LogP contribution in [0.2, 0.25) is 0 Å². The molecule has 0 amide bonds. The Kier molecular flexibility index (Phi) is 1.87. The van der Waals surface area contributed by atoms with Gasteiger partial charge in [-0.05, 0) is 38.2 Å². The predicted molar refractivity (Wildman–Crippen MR) is 48.7 cm³/mol. The highest BCUT2D eigenvalue weighted by atomic mass is 16.1. The number of hydrogen-bond acceptors (Lipinski definition) is 1. The Bertz CT molecular complexity index is 260. The molecule has 0 aliphatic heterocycles. The Morgan fingerprint density at radius 1 is 1.33 bits per heavy atom. The smallest absolute Gasteiger partial charge is 0.162 e. The van der Waals surface area contributed by atoms with Gasteiger partial charge < -0.3 is 0 Å². The molecule has 0 aromatic rings. The van der Waals surface area contributed by atoms with Crippen LogP contribution in [0, 0.1) is 11.8 Å². The van der Waals surface area contributed by atoms with Crippen molar-refractivity contribution < 1.29 is 4.79 Å². The number of allylic oxidation sites excluding steroid dienone is 4. The molecule has 0 unspecified atom stereocenters. The standard InChI is InChI=1S/C11H14O/c1-8-6-9-2-4-10(5-3-9)11(12)7-8/h2,4,7,9-10H,3,5-6H2,1H3/b8-7-/t9-,10+/m1/s1. The van der Waals surface area contributed by atoms with Crippen LogP contribution in [-0.2, 0) is 4.79 Å². The first-order valence-corrected chi connectivity index (χ1v) is 4.65. The van der Waals surface area contributed by atoms with Crippen molar-refractivity contribution >= 4 is 5.78 Å². The van der Waals surface area contributed by atoms with E-state index < -0.39 is 0 Å². The summed E-state index contributed by atoms with van der Waals surface area (Å²) in [6, 6.07) is 0. The lowest BCUT2D eigenvalue weighted by atomic mass is 9.80. The highest BCUT2D eigenvalue weighted by molar-refractivity contribution is 5.93. The summed E-state index contributed by atoms with van der Waals surface area (Å²) >= 11 is 0. The normalized spacial score (nSPS) is 38.8. The summed E-state index contributed by atoms with van der Waals surface area (Å²) in [6.07, 6.45) is 9.49. The van der Waals surface area contributed by atoms with Crippen LogP contribution in [0.3, 0.4) is 0 Å². The van der Waals surface area contributed by atoms with Crippen molar-refractivity contribution in [3.05, 3.63) is 23.8 Å². The summed E-state index contributed by atoms with van der Waals surface area (Å²) in [6.45, 7) is 2.06. The SMILES string of the molecule is C/C1=C/C(=O)[C@H]2C=C[C@H](CC2)C1. The molecule has 0 heterocycles. The highest BCUT2D eigenvalue weighted by Crippen LogP contribution is 2.30. The summed E-state index contributed by atoms with van der Waals surface area (Å²) in [5.74, 6) is 1.20. The molecule has 1 heteroatoms. The number of carbonyl (C=O) groups excluding carboxylic acids is 1. The molecule has 2 atom stereocenters. The van der Waals surface area contributed by atoms with Crippen LogP contribution >= 0.6 is 0 Å². The molecule has 0 radical (unpaired) electrons. The van der Waals surface area contributed by atoms with E-state index in [1.54, 1.807) is 0 Å². The second-order valence-electron chi connectivity index (χ2n) is 3.93. The molecule has 0 spiro atoms. The maximum absolute atomic E-state index is 11.5. The largest absolute Gasteiger partial charge is 0.294 e. The van der Waals surface area contributed by atoms with E-state index in [4.69, 9.17) is 0 Å².